The second-order valence-corrected chi connectivity index (χ2v) is 8.28. The van der Waals surface area contributed by atoms with E-state index in [9.17, 15) is 9.59 Å². The van der Waals surface area contributed by atoms with E-state index in [0.717, 1.165) is 29.8 Å². The molecule has 0 radical (unpaired) electrons. The maximum Gasteiger partial charge on any atom is 0.237 e. The van der Waals surface area contributed by atoms with Gasteiger partial charge in [0, 0.05) is 41.4 Å². The molecule has 1 saturated heterocycles. The van der Waals surface area contributed by atoms with E-state index in [1.54, 1.807) is 13.0 Å². The quantitative estimate of drug-likeness (QED) is 0.695. The van der Waals surface area contributed by atoms with Gasteiger partial charge >= 0.3 is 0 Å². The first-order valence-corrected chi connectivity index (χ1v) is 9.74. The van der Waals surface area contributed by atoms with E-state index in [-0.39, 0.29) is 30.1 Å². The molecule has 1 fully saturated rings. The van der Waals surface area contributed by atoms with Crippen LogP contribution in [0.25, 0.3) is 0 Å². The molecule has 0 bridgehead atoms. The summed E-state index contributed by atoms with van der Waals surface area (Å²) in [6.45, 7) is 3.29. The van der Waals surface area contributed by atoms with Crippen LogP contribution in [0.3, 0.4) is 0 Å². The Kier molecular flexibility index (Phi) is 4.75. The summed E-state index contributed by atoms with van der Waals surface area (Å²) in [5.74, 6) is -0.590. The number of halogens is 2. The third-order valence-corrected chi connectivity index (χ3v) is 5.97. The lowest BCUT2D eigenvalue weighted by molar-refractivity contribution is -0.122. The molecule has 2 amide bonds. The molecule has 6 heteroatoms. The highest BCUT2D eigenvalue weighted by Gasteiger charge is 2.39. The van der Waals surface area contributed by atoms with Gasteiger partial charge in [-0.05, 0) is 41.9 Å². The molecule has 2 aliphatic rings. The summed E-state index contributed by atoms with van der Waals surface area (Å²) in [7, 11) is 2.04. The molecular formula is C21H20Cl2N2O2. The second-order valence-electron chi connectivity index (χ2n) is 7.44. The molecule has 0 N–H and O–H groups in total. The number of rotatable bonds is 2. The molecule has 4 rings (SSSR count). The topological polar surface area (TPSA) is 40.6 Å². The van der Waals surface area contributed by atoms with Crippen LogP contribution in [0.15, 0.2) is 36.4 Å². The van der Waals surface area contributed by atoms with E-state index in [1.165, 1.54) is 4.90 Å². The largest absolute Gasteiger partial charge is 0.301 e. The molecule has 0 aliphatic carbocycles. The van der Waals surface area contributed by atoms with Crippen LogP contribution in [0.4, 0.5) is 5.69 Å². The van der Waals surface area contributed by atoms with Gasteiger partial charge in [0.2, 0.25) is 11.8 Å². The summed E-state index contributed by atoms with van der Waals surface area (Å²) in [5.41, 5.74) is 3.71. The molecule has 2 unspecified atom stereocenters. The minimum absolute atomic E-state index is 0.0253. The summed E-state index contributed by atoms with van der Waals surface area (Å²) in [5, 5.41) is 1.24. The summed E-state index contributed by atoms with van der Waals surface area (Å²) in [6.07, 6.45) is 0.256. The van der Waals surface area contributed by atoms with Crippen LogP contribution in [0.5, 0.6) is 0 Å². The Labute approximate surface area is 168 Å². The van der Waals surface area contributed by atoms with Crippen molar-refractivity contribution in [1.82, 2.24) is 4.90 Å². The highest BCUT2D eigenvalue weighted by atomic mass is 35.5. The lowest BCUT2D eigenvalue weighted by Crippen LogP contribution is -2.34. The molecule has 0 aromatic heterocycles. The first kappa shape index (κ1) is 18.5. The van der Waals surface area contributed by atoms with E-state index in [4.69, 9.17) is 23.2 Å². The molecule has 27 heavy (non-hydrogen) atoms. The maximum absolute atomic E-state index is 12.6. The SMILES string of the molecule is CC1CC(=O)N(c2ccccc2C2CN(C)Cc3c(Cl)cc(Cl)cc32)C1=O. The monoisotopic (exact) mass is 402 g/mol. The number of fused-ring (bicyclic) bond motifs is 1. The number of carbonyl (C=O) groups excluding carboxylic acids is 2. The Hall–Kier alpha value is -1.88. The third-order valence-electron chi connectivity index (χ3n) is 5.42. The molecule has 2 aromatic rings. The Balaban J connectivity index is 1.87. The number of nitrogens with zero attached hydrogens (tertiary/aromatic N) is 2. The van der Waals surface area contributed by atoms with Crippen LogP contribution in [0, 0.1) is 5.92 Å². The number of benzene rings is 2. The number of amides is 2. The van der Waals surface area contributed by atoms with Gasteiger partial charge in [-0.25, -0.2) is 0 Å². The smallest absolute Gasteiger partial charge is 0.237 e. The molecule has 4 nitrogen and oxygen atoms in total. The number of anilines is 1. The van der Waals surface area contributed by atoms with Gasteiger partial charge in [-0.15, -0.1) is 0 Å². The fourth-order valence-corrected chi connectivity index (χ4v) is 4.70. The third kappa shape index (κ3) is 3.16. The van der Waals surface area contributed by atoms with Crippen molar-refractivity contribution < 1.29 is 9.59 Å². The molecule has 140 valence electrons. The fourth-order valence-electron chi connectivity index (χ4n) is 4.13. The predicted molar refractivity (Wildman–Crippen MR) is 107 cm³/mol. The molecule has 2 aromatic carbocycles. The van der Waals surface area contributed by atoms with E-state index in [2.05, 4.69) is 4.90 Å². The van der Waals surface area contributed by atoms with E-state index in [1.807, 2.05) is 37.4 Å². The Bertz CT molecular complexity index is 944. The summed E-state index contributed by atoms with van der Waals surface area (Å²) < 4.78 is 0. The molecule has 2 aliphatic heterocycles. The minimum atomic E-state index is -0.282. The summed E-state index contributed by atoms with van der Waals surface area (Å²) in [6, 6.07) is 11.4. The fraction of sp³-hybridized carbons (Fsp3) is 0.333. The first-order valence-electron chi connectivity index (χ1n) is 8.99. The van der Waals surface area contributed by atoms with E-state index >= 15 is 0 Å². The van der Waals surface area contributed by atoms with Gasteiger partial charge in [-0.1, -0.05) is 48.3 Å². The molecular weight excluding hydrogens is 383 g/mol. The van der Waals surface area contributed by atoms with Crippen molar-refractivity contribution in [2.24, 2.45) is 5.92 Å². The first-order chi connectivity index (χ1) is 12.9. The molecule has 0 spiro atoms. The lowest BCUT2D eigenvalue weighted by Gasteiger charge is -2.35. The molecule has 2 atom stereocenters. The van der Waals surface area contributed by atoms with Crippen LogP contribution in [0.2, 0.25) is 10.0 Å². The summed E-state index contributed by atoms with van der Waals surface area (Å²) in [4.78, 5) is 28.7. The lowest BCUT2D eigenvalue weighted by atomic mass is 9.83. The Morgan fingerprint density at radius 1 is 1.07 bits per heavy atom. The van der Waals surface area contributed by atoms with Gasteiger partial charge in [0.15, 0.2) is 0 Å². The van der Waals surface area contributed by atoms with Gasteiger partial charge in [-0.2, -0.15) is 0 Å². The van der Waals surface area contributed by atoms with Crippen molar-refractivity contribution in [1.29, 1.82) is 0 Å². The average Bonchev–Trinajstić information content (AvgIpc) is 2.87. The molecule has 0 saturated carbocycles. The minimum Gasteiger partial charge on any atom is -0.301 e. The van der Waals surface area contributed by atoms with Crippen LogP contribution < -0.4 is 4.90 Å². The van der Waals surface area contributed by atoms with Crippen molar-refractivity contribution in [2.45, 2.75) is 25.8 Å². The summed E-state index contributed by atoms with van der Waals surface area (Å²) >= 11 is 12.8. The highest BCUT2D eigenvalue weighted by molar-refractivity contribution is 6.35. The van der Waals surface area contributed by atoms with Gasteiger partial charge in [-0.3, -0.25) is 14.5 Å². The van der Waals surface area contributed by atoms with Crippen molar-refractivity contribution >= 4 is 40.7 Å². The standard InChI is InChI=1S/C21H20Cl2N2O2/c1-12-7-20(26)25(21(12)27)19-6-4-3-5-14(19)16-10-24(2)11-17-15(16)8-13(22)9-18(17)23/h3-6,8-9,12,16H,7,10-11H2,1-2H3. The second kappa shape index (κ2) is 6.93. The zero-order valence-electron chi connectivity index (χ0n) is 15.2. The van der Waals surface area contributed by atoms with Gasteiger partial charge in [0.05, 0.1) is 5.69 Å². The number of hydrogen-bond donors (Lipinski definition) is 0. The number of carbonyl (C=O) groups is 2. The van der Waals surface area contributed by atoms with Gasteiger partial charge in [0.1, 0.15) is 0 Å². The van der Waals surface area contributed by atoms with Crippen LogP contribution >= 0.6 is 23.2 Å². The number of likely N-dealkylation sites (N-methyl/N-ethyl adjacent to an activating group) is 1. The number of para-hydroxylation sites is 1. The van der Waals surface area contributed by atoms with Crippen LogP contribution in [0.1, 0.15) is 36.0 Å². The van der Waals surface area contributed by atoms with E-state index < -0.39 is 0 Å². The maximum atomic E-state index is 12.6. The predicted octanol–water partition coefficient (Wildman–Crippen LogP) is 4.47. The molecule has 2 heterocycles. The van der Waals surface area contributed by atoms with Gasteiger partial charge < -0.3 is 4.90 Å². The Morgan fingerprint density at radius 3 is 2.52 bits per heavy atom. The number of imide groups is 1. The average molecular weight is 403 g/mol. The van der Waals surface area contributed by atoms with Crippen molar-refractivity contribution in [3.63, 3.8) is 0 Å². The van der Waals surface area contributed by atoms with E-state index in [0.29, 0.717) is 15.7 Å². The van der Waals surface area contributed by atoms with Crippen molar-refractivity contribution in [3.8, 4) is 0 Å². The highest BCUT2D eigenvalue weighted by Crippen LogP contribution is 2.42. The number of hydrogen-bond acceptors (Lipinski definition) is 3. The zero-order chi connectivity index (χ0) is 19.3. The zero-order valence-corrected chi connectivity index (χ0v) is 16.7. The van der Waals surface area contributed by atoms with Crippen LogP contribution in [-0.2, 0) is 16.1 Å². The van der Waals surface area contributed by atoms with Gasteiger partial charge in [0.25, 0.3) is 0 Å². The van der Waals surface area contributed by atoms with Crippen LogP contribution in [-0.4, -0.2) is 30.3 Å². The Morgan fingerprint density at radius 2 is 1.81 bits per heavy atom. The van der Waals surface area contributed by atoms with Crippen molar-refractivity contribution in [3.05, 3.63) is 63.1 Å². The normalized spacial score (nSPS) is 23.0. The van der Waals surface area contributed by atoms with Crippen molar-refractivity contribution in [2.75, 3.05) is 18.5 Å².